The molecule has 0 atom stereocenters. The number of carbonyl (C=O) groups is 1. The van der Waals surface area contributed by atoms with Crippen molar-refractivity contribution in [2.75, 3.05) is 0 Å². The highest BCUT2D eigenvalue weighted by molar-refractivity contribution is 5.41. The monoisotopic (exact) mass is 113 g/mol. The highest BCUT2D eigenvalue weighted by Crippen LogP contribution is 2.01. The quantitative estimate of drug-likeness (QED) is 0.514. The number of nitrogens with zero attached hydrogens (tertiary/aromatic N) is 1. The van der Waals surface area contributed by atoms with Crippen molar-refractivity contribution in [1.82, 2.24) is 4.98 Å². The SMILES string of the molecule is O=COc1cocn1. The zero-order valence-electron chi connectivity index (χ0n) is 3.90. The predicted octanol–water partition coefficient (Wildman–Crippen LogP) is 0.210. The van der Waals surface area contributed by atoms with E-state index in [0.717, 1.165) is 0 Å². The van der Waals surface area contributed by atoms with Gasteiger partial charge in [-0.1, -0.05) is 0 Å². The van der Waals surface area contributed by atoms with Crippen LogP contribution in [0.5, 0.6) is 5.88 Å². The third-order valence-corrected chi connectivity index (χ3v) is 0.579. The second kappa shape index (κ2) is 2.11. The van der Waals surface area contributed by atoms with E-state index in [2.05, 4.69) is 14.1 Å². The number of hydrogen-bond acceptors (Lipinski definition) is 4. The molecule has 4 nitrogen and oxygen atoms in total. The maximum Gasteiger partial charge on any atom is 0.299 e. The average molecular weight is 113 g/mol. The molecule has 1 rings (SSSR count). The minimum atomic E-state index is 0.181. The van der Waals surface area contributed by atoms with Crippen LogP contribution in [-0.4, -0.2) is 11.5 Å². The fraction of sp³-hybridized carbons (Fsp3) is 0. The van der Waals surface area contributed by atoms with Crippen molar-refractivity contribution >= 4 is 6.47 Å². The first-order valence-electron chi connectivity index (χ1n) is 1.92. The summed E-state index contributed by atoms with van der Waals surface area (Å²) in [5.41, 5.74) is 0. The second-order valence-electron chi connectivity index (χ2n) is 1.04. The first kappa shape index (κ1) is 4.83. The molecule has 42 valence electrons. The lowest BCUT2D eigenvalue weighted by molar-refractivity contribution is -0.120. The van der Waals surface area contributed by atoms with E-state index in [1.54, 1.807) is 0 Å². The Balaban J connectivity index is 2.62. The van der Waals surface area contributed by atoms with Gasteiger partial charge >= 0.3 is 0 Å². The summed E-state index contributed by atoms with van der Waals surface area (Å²) < 4.78 is 8.73. The van der Waals surface area contributed by atoms with Crippen LogP contribution in [0.4, 0.5) is 0 Å². The fourth-order valence-corrected chi connectivity index (χ4v) is 0.309. The zero-order chi connectivity index (χ0) is 5.82. The summed E-state index contributed by atoms with van der Waals surface area (Å²) in [6.45, 7) is 0.290. The number of hydrogen-bond donors (Lipinski definition) is 0. The first-order chi connectivity index (χ1) is 3.93. The van der Waals surface area contributed by atoms with Crippen LogP contribution in [0.15, 0.2) is 17.1 Å². The molecule has 0 aliphatic rings. The Morgan fingerprint density at radius 3 is 3.25 bits per heavy atom. The minimum absolute atomic E-state index is 0.181. The van der Waals surface area contributed by atoms with Crippen molar-refractivity contribution < 1.29 is 13.9 Å². The van der Waals surface area contributed by atoms with Gasteiger partial charge < -0.3 is 9.15 Å². The van der Waals surface area contributed by atoms with Crippen LogP contribution in [0.1, 0.15) is 0 Å². The van der Waals surface area contributed by atoms with Crippen LogP contribution in [0.25, 0.3) is 0 Å². The van der Waals surface area contributed by atoms with Gasteiger partial charge in [0, 0.05) is 0 Å². The molecule has 0 N–H and O–H groups in total. The number of carbonyl (C=O) groups excluding carboxylic acids is 1. The van der Waals surface area contributed by atoms with Gasteiger partial charge in [-0.25, -0.2) is 0 Å². The van der Waals surface area contributed by atoms with Gasteiger partial charge in [0.2, 0.25) is 0 Å². The van der Waals surface area contributed by atoms with Crippen LogP contribution in [0.3, 0.4) is 0 Å². The Kier molecular flexibility index (Phi) is 1.27. The molecule has 1 heterocycles. The second-order valence-corrected chi connectivity index (χ2v) is 1.04. The van der Waals surface area contributed by atoms with E-state index in [-0.39, 0.29) is 12.4 Å². The number of ether oxygens (including phenoxy) is 1. The highest BCUT2D eigenvalue weighted by Gasteiger charge is 1.90. The zero-order valence-corrected chi connectivity index (χ0v) is 3.90. The van der Waals surface area contributed by atoms with E-state index in [4.69, 9.17) is 0 Å². The van der Waals surface area contributed by atoms with E-state index in [9.17, 15) is 4.79 Å². The van der Waals surface area contributed by atoms with E-state index in [0.29, 0.717) is 0 Å². The molecule has 8 heavy (non-hydrogen) atoms. The van der Waals surface area contributed by atoms with Crippen LogP contribution < -0.4 is 4.74 Å². The van der Waals surface area contributed by atoms with E-state index in [1.165, 1.54) is 12.7 Å². The Morgan fingerprint density at radius 2 is 2.75 bits per heavy atom. The van der Waals surface area contributed by atoms with Crippen molar-refractivity contribution in [3.63, 3.8) is 0 Å². The van der Waals surface area contributed by atoms with Gasteiger partial charge in [-0.3, -0.25) is 4.79 Å². The summed E-state index contributed by atoms with van der Waals surface area (Å²) in [5.74, 6) is 0.181. The van der Waals surface area contributed by atoms with E-state index < -0.39 is 0 Å². The lowest BCUT2D eigenvalue weighted by Crippen LogP contribution is -1.86. The Hall–Kier alpha value is -1.32. The topological polar surface area (TPSA) is 52.3 Å². The summed E-state index contributed by atoms with van der Waals surface area (Å²) in [7, 11) is 0. The summed E-state index contributed by atoms with van der Waals surface area (Å²) in [6.07, 6.45) is 2.41. The summed E-state index contributed by atoms with van der Waals surface area (Å²) in [5, 5.41) is 0. The molecule has 0 aliphatic carbocycles. The Labute approximate surface area is 45.1 Å². The molecule has 0 spiro atoms. The van der Waals surface area contributed by atoms with Crippen LogP contribution >= 0.6 is 0 Å². The molecule has 1 aromatic rings. The van der Waals surface area contributed by atoms with Crippen molar-refractivity contribution in [2.45, 2.75) is 0 Å². The maximum atomic E-state index is 9.57. The van der Waals surface area contributed by atoms with Gasteiger partial charge in [-0.15, -0.1) is 0 Å². The third-order valence-electron chi connectivity index (χ3n) is 0.579. The molecule has 4 heteroatoms. The molecule has 0 unspecified atom stereocenters. The molecule has 0 radical (unpaired) electrons. The lowest BCUT2D eigenvalue weighted by Gasteiger charge is -1.81. The van der Waals surface area contributed by atoms with Gasteiger partial charge in [-0.05, 0) is 0 Å². The smallest absolute Gasteiger partial charge is 0.299 e. The number of rotatable bonds is 2. The molecule has 0 bridgehead atoms. The molecular weight excluding hydrogens is 110 g/mol. The summed E-state index contributed by atoms with van der Waals surface area (Å²) in [6, 6.07) is 0. The fourth-order valence-electron chi connectivity index (χ4n) is 0.309. The van der Waals surface area contributed by atoms with Crippen molar-refractivity contribution in [2.24, 2.45) is 0 Å². The maximum absolute atomic E-state index is 9.57. The van der Waals surface area contributed by atoms with Crippen molar-refractivity contribution in [3.05, 3.63) is 12.7 Å². The van der Waals surface area contributed by atoms with E-state index >= 15 is 0 Å². The van der Waals surface area contributed by atoms with Gasteiger partial charge in [0.15, 0.2) is 12.7 Å². The largest absolute Gasteiger partial charge is 0.448 e. The third kappa shape index (κ3) is 0.841. The molecule has 1 aromatic heterocycles. The molecular formula is C4H3NO3. The highest BCUT2D eigenvalue weighted by atomic mass is 16.5. The molecule has 0 saturated heterocycles. The lowest BCUT2D eigenvalue weighted by atomic mass is 10.9. The normalized spacial score (nSPS) is 8.50. The average Bonchev–Trinajstić information content (AvgIpc) is 2.19. The molecule has 0 aromatic carbocycles. The van der Waals surface area contributed by atoms with Gasteiger partial charge in [0.1, 0.15) is 0 Å². The first-order valence-corrected chi connectivity index (χ1v) is 1.92. The van der Waals surface area contributed by atoms with E-state index in [1.807, 2.05) is 0 Å². The summed E-state index contributed by atoms with van der Waals surface area (Å²) >= 11 is 0. The van der Waals surface area contributed by atoms with Crippen molar-refractivity contribution in [3.8, 4) is 5.88 Å². The predicted molar refractivity (Wildman–Crippen MR) is 23.2 cm³/mol. The van der Waals surface area contributed by atoms with Crippen LogP contribution in [0.2, 0.25) is 0 Å². The molecule has 0 aliphatic heterocycles. The van der Waals surface area contributed by atoms with Gasteiger partial charge in [0.25, 0.3) is 12.4 Å². The standard InChI is InChI=1S/C4H3NO3/c6-3-8-4-1-7-2-5-4/h1-3H. The van der Waals surface area contributed by atoms with Gasteiger partial charge in [0.05, 0.1) is 0 Å². The van der Waals surface area contributed by atoms with Gasteiger partial charge in [-0.2, -0.15) is 4.98 Å². The molecule has 0 amide bonds. The number of oxazole rings is 1. The van der Waals surface area contributed by atoms with Crippen molar-refractivity contribution in [1.29, 1.82) is 0 Å². The molecule has 0 saturated carbocycles. The Morgan fingerprint density at radius 1 is 1.88 bits per heavy atom. The summed E-state index contributed by atoms with van der Waals surface area (Å²) in [4.78, 5) is 13.1. The minimum Gasteiger partial charge on any atom is -0.448 e. The number of aromatic nitrogens is 1. The van der Waals surface area contributed by atoms with Crippen LogP contribution in [0, 0.1) is 0 Å². The Bertz CT molecular complexity index is 158. The molecule has 0 fully saturated rings. The van der Waals surface area contributed by atoms with Crippen LogP contribution in [-0.2, 0) is 4.79 Å².